The molecule has 1 N–H and O–H groups in total. The Bertz CT molecular complexity index is 414. The summed E-state index contributed by atoms with van der Waals surface area (Å²) in [6, 6.07) is 0. The van der Waals surface area contributed by atoms with Gasteiger partial charge in [-0.3, -0.25) is 9.69 Å². The van der Waals surface area contributed by atoms with Gasteiger partial charge in [0.15, 0.2) is 5.82 Å². The SMILES string of the molecule is CCc1noc(CN(C)CC(=O)N2CCNCC2)n1. The van der Waals surface area contributed by atoms with E-state index in [4.69, 9.17) is 4.52 Å². The van der Waals surface area contributed by atoms with Gasteiger partial charge in [0.2, 0.25) is 11.8 Å². The number of nitrogens with one attached hydrogen (secondary N) is 1. The third-order valence-corrected chi connectivity index (χ3v) is 3.11. The molecule has 2 rings (SSSR count). The Labute approximate surface area is 112 Å². The molecule has 0 unspecified atom stereocenters. The first-order chi connectivity index (χ1) is 9.19. The van der Waals surface area contributed by atoms with Gasteiger partial charge in [-0.05, 0) is 7.05 Å². The first-order valence-electron chi connectivity index (χ1n) is 6.67. The molecule has 1 amide bonds. The van der Waals surface area contributed by atoms with Gasteiger partial charge in [0.25, 0.3) is 0 Å². The topological polar surface area (TPSA) is 74.5 Å². The lowest BCUT2D eigenvalue weighted by Gasteiger charge is -2.28. The molecule has 0 bridgehead atoms. The number of hydrogen-bond donors (Lipinski definition) is 1. The molecule has 1 saturated heterocycles. The molecule has 19 heavy (non-hydrogen) atoms. The lowest BCUT2D eigenvalue weighted by molar-refractivity contribution is -0.132. The Morgan fingerprint density at radius 2 is 2.21 bits per heavy atom. The van der Waals surface area contributed by atoms with Crippen molar-refractivity contribution in [3.63, 3.8) is 0 Å². The zero-order chi connectivity index (χ0) is 13.7. The molecule has 1 aliphatic rings. The number of amides is 1. The standard InChI is InChI=1S/C12H21N5O2/c1-3-10-14-11(19-15-10)8-16(2)9-12(18)17-6-4-13-5-7-17/h13H,3-9H2,1-2H3. The van der Waals surface area contributed by atoms with Crippen LogP contribution in [-0.2, 0) is 17.8 Å². The number of hydrogen-bond acceptors (Lipinski definition) is 6. The van der Waals surface area contributed by atoms with Gasteiger partial charge in [-0.1, -0.05) is 12.1 Å². The highest BCUT2D eigenvalue weighted by atomic mass is 16.5. The molecule has 106 valence electrons. The van der Waals surface area contributed by atoms with E-state index in [1.165, 1.54) is 0 Å². The van der Waals surface area contributed by atoms with Crippen LogP contribution in [0.15, 0.2) is 4.52 Å². The van der Waals surface area contributed by atoms with E-state index in [1.54, 1.807) is 0 Å². The summed E-state index contributed by atoms with van der Waals surface area (Å²) in [5, 5.41) is 7.07. The van der Waals surface area contributed by atoms with Crippen LogP contribution in [0.1, 0.15) is 18.6 Å². The molecule has 2 heterocycles. The van der Waals surface area contributed by atoms with Crippen molar-refractivity contribution in [2.75, 3.05) is 39.8 Å². The summed E-state index contributed by atoms with van der Waals surface area (Å²) in [6.07, 6.45) is 0.757. The Balaban J connectivity index is 1.79. The van der Waals surface area contributed by atoms with Crippen molar-refractivity contribution in [3.05, 3.63) is 11.7 Å². The number of likely N-dealkylation sites (N-methyl/N-ethyl adjacent to an activating group) is 1. The second-order valence-corrected chi connectivity index (χ2v) is 4.76. The number of nitrogens with zero attached hydrogens (tertiary/aromatic N) is 4. The molecule has 0 radical (unpaired) electrons. The predicted octanol–water partition coefficient (Wildman–Crippen LogP) is -0.504. The fourth-order valence-corrected chi connectivity index (χ4v) is 2.03. The van der Waals surface area contributed by atoms with Crippen molar-refractivity contribution < 1.29 is 9.32 Å². The number of carbonyl (C=O) groups is 1. The highest BCUT2D eigenvalue weighted by Crippen LogP contribution is 2.03. The van der Waals surface area contributed by atoms with Crippen molar-refractivity contribution in [1.29, 1.82) is 0 Å². The molecule has 0 saturated carbocycles. The number of piperazine rings is 1. The van der Waals surface area contributed by atoms with Crippen LogP contribution in [0, 0.1) is 0 Å². The summed E-state index contributed by atoms with van der Waals surface area (Å²) in [5.74, 6) is 1.42. The monoisotopic (exact) mass is 267 g/mol. The van der Waals surface area contributed by atoms with E-state index in [9.17, 15) is 4.79 Å². The maximum Gasteiger partial charge on any atom is 0.240 e. The smallest absolute Gasteiger partial charge is 0.240 e. The van der Waals surface area contributed by atoms with Gasteiger partial charge in [-0.15, -0.1) is 0 Å². The quantitative estimate of drug-likeness (QED) is 0.775. The molecule has 1 aliphatic heterocycles. The third-order valence-electron chi connectivity index (χ3n) is 3.11. The van der Waals surface area contributed by atoms with Gasteiger partial charge in [0, 0.05) is 32.6 Å². The van der Waals surface area contributed by atoms with Crippen LogP contribution in [0.2, 0.25) is 0 Å². The van der Waals surface area contributed by atoms with Crippen LogP contribution >= 0.6 is 0 Å². The van der Waals surface area contributed by atoms with Crippen molar-refractivity contribution in [2.24, 2.45) is 0 Å². The maximum absolute atomic E-state index is 12.0. The number of rotatable bonds is 5. The lowest BCUT2D eigenvalue weighted by atomic mass is 10.3. The third kappa shape index (κ3) is 4.00. The van der Waals surface area contributed by atoms with E-state index in [1.807, 2.05) is 23.8 Å². The van der Waals surface area contributed by atoms with Crippen molar-refractivity contribution in [1.82, 2.24) is 25.3 Å². The minimum atomic E-state index is 0.152. The van der Waals surface area contributed by atoms with Crippen molar-refractivity contribution in [2.45, 2.75) is 19.9 Å². The fourth-order valence-electron chi connectivity index (χ4n) is 2.03. The summed E-state index contributed by atoms with van der Waals surface area (Å²) < 4.78 is 5.12. The van der Waals surface area contributed by atoms with E-state index in [-0.39, 0.29) is 5.91 Å². The molecule has 1 aromatic heterocycles. The first kappa shape index (κ1) is 14.0. The molecule has 7 heteroatoms. The average molecular weight is 267 g/mol. The summed E-state index contributed by atoms with van der Waals surface area (Å²) in [4.78, 5) is 20.1. The van der Waals surface area contributed by atoms with E-state index in [0.717, 1.165) is 32.6 Å². The van der Waals surface area contributed by atoms with Gasteiger partial charge < -0.3 is 14.7 Å². The lowest BCUT2D eigenvalue weighted by Crippen LogP contribution is -2.49. The molecule has 0 spiro atoms. The predicted molar refractivity (Wildman–Crippen MR) is 69.5 cm³/mol. The van der Waals surface area contributed by atoms with Crippen LogP contribution in [0.4, 0.5) is 0 Å². The Hall–Kier alpha value is -1.47. The van der Waals surface area contributed by atoms with Crippen LogP contribution in [-0.4, -0.2) is 65.6 Å². The summed E-state index contributed by atoms with van der Waals surface area (Å²) in [7, 11) is 1.88. The minimum absolute atomic E-state index is 0.152. The molecule has 7 nitrogen and oxygen atoms in total. The Kier molecular flexibility index (Phi) is 4.86. The van der Waals surface area contributed by atoms with Crippen molar-refractivity contribution >= 4 is 5.91 Å². The normalized spacial score (nSPS) is 16.1. The minimum Gasteiger partial charge on any atom is -0.339 e. The number of carbonyl (C=O) groups excluding carboxylic acids is 1. The van der Waals surface area contributed by atoms with E-state index in [0.29, 0.717) is 24.8 Å². The maximum atomic E-state index is 12.0. The van der Waals surface area contributed by atoms with E-state index >= 15 is 0 Å². The number of aryl methyl sites for hydroxylation is 1. The molecule has 1 aromatic rings. The van der Waals surface area contributed by atoms with Crippen LogP contribution in [0.25, 0.3) is 0 Å². The van der Waals surface area contributed by atoms with Gasteiger partial charge in [0.05, 0.1) is 13.1 Å². The molecule has 1 fully saturated rings. The van der Waals surface area contributed by atoms with Crippen LogP contribution in [0.3, 0.4) is 0 Å². The summed E-state index contributed by atoms with van der Waals surface area (Å²) in [6.45, 7) is 6.18. The molecular formula is C12H21N5O2. The van der Waals surface area contributed by atoms with Crippen LogP contribution < -0.4 is 5.32 Å². The van der Waals surface area contributed by atoms with Gasteiger partial charge in [-0.25, -0.2) is 0 Å². The van der Waals surface area contributed by atoms with Crippen LogP contribution in [0.5, 0.6) is 0 Å². The van der Waals surface area contributed by atoms with E-state index in [2.05, 4.69) is 15.5 Å². The molecular weight excluding hydrogens is 246 g/mol. The highest BCUT2D eigenvalue weighted by Gasteiger charge is 2.18. The molecule has 0 aromatic carbocycles. The zero-order valence-corrected chi connectivity index (χ0v) is 11.6. The Morgan fingerprint density at radius 1 is 1.47 bits per heavy atom. The largest absolute Gasteiger partial charge is 0.339 e. The summed E-state index contributed by atoms with van der Waals surface area (Å²) >= 11 is 0. The average Bonchev–Trinajstić information content (AvgIpc) is 2.87. The van der Waals surface area contributed by atoms with Crippen molar-refractivity contribution in [3.8, 4) is 0 Å². The fraction of sp³-hybridized carbons (Fsp3) is 0.750. The second kappa shape index (κ2) is 6.63. The second-order valence-electron chi connectivity index (χ2n) is 4.76. The molecule has 0 atom stereocenters. The van der Waals surface area contributed by atoms with Gasteiger partial charge in [-0.2, -0.15) is 4.98 Å². The van der Waals surface area contributed by atoms with E-state index < -0.39 is 0 Å². The Morgan fingerprint density at radius 3 is 2.84 bits per heavy atom. The first-order valence-corrected chi connectivity index (χ1v) is 6.67. The molecule has 0 aliphatic carbocycles. The summed E-state index contributed by atoms with van der Waals surface area (Å²) in [5.41, 5.74) is 0. The van der Waals surface area contributed by atoms with Gasteiger partial charge in [0.1, 0.15) is 0 Å². The number of aromatic nitrogens is 2. The van der Waals surface area contributed by atoms with Gasteiger partial charge >= 0.3 is 0 Å². The highest BCUT2D eigenvalue weighted by molar-refractivity contribution is 5.78. The zero-order valence-electron chi connectivity index (χ0n) is 11.6.